The molecular weight excluding hydrogens is 466 g/mol. The molecule has 0 unspecified atom stereocenters. The first kappa shape index (κ1) is 25.4. The van der Waals surface area contributed by atoms with Crippen molar-refractivity contribution in [1.29, 1.82) is 0 Å². The summed E-state index contributed by atoms with van der Waals surface area (Å²) < 4.78 is 35.9. The van der Waals surface area contributed by atoms with E-state index in [9.17, 15) is 9.18 Å². The van der Waals surface area contributed by atoms with Gasteiger partial charge in [0.05, 0.1) is 0 Å². The van der Waals surface area contributed by atoms with Gasteiger partial charge in [0.1, 0.15) is 22.8 Å². The van der Waals surface area contributed by atoms with Crippen LogP contribution in [0.5, 0.6) is 0 Å². The Morgan fingerprint density at radius 2 is 1.43 bits per heavy atom. The van der Waals surface area contributed by atoms with Gasteiger partial charge in [-0.2, -0.15) is 0 Å². The van der Waals surface area contributed by atoms with Crippen LogP contribution in [0.4, 0.5) is 8.78 Å². The summed E-state index contributed by atoms with van der Waals surface area (Å²) in [4.78, 5) is 12.9. The van der Waals surface area contributed by atoms with Crippen molar-refractivity contribution < 1.29 is 13.2 Å². The molecule has 1 heterocycles. The molecule has 0 radical (unpaired) electrons. The Labute approximate surface area is 217 Å². The zero-order valence-corrected chi connectivity index (χ0v) is 21.7. The third-order valence-corrected chi connectivity index (χ3v) is 7.86. The molecule has 192 valence electrons. The van der Waals surface area contributed by atoms with Gasteiger partial charge in [-0.25, -0.2) is 13.6 Å². The summed E-state index contributed by atoms with van der Waals surface area (Å²) in [6, 6.07) is 18.9. The molecule has 4 aromatic rings. The van der Waals surface area contributed by atoms with Gasteiger partial charge < -0.3 is 4.42 Å². The van der Waals surface area contributed by atoms with E-state index in [4.69, 9.17) is 4.42 Å². The molecule has 1 aliphatic carbocycles. The van der Waals surface area contributed by atoms with Gasteiger partial charge in [0.15, 0.2) is 0 Å². The molecule has 37 heavy (non-hydrogen) atoms. The predicted molar refractivity (Wildman–Crippen MR) is 146 cm³/mol. The molecule has 0 atom stereocenters. The van der Waals surface area contributed by atoms with Gasteiger partial charge in [-0.15, -0.1) is 0 Å². The van der Waals surface area contributed by atoms with Crippen molar-refractivity contribution in [2.75, 3.05) is 0 Å². The van der Waals surface area contributed by atoms with Crippen LogP contribution in [0.25, 0.3) is 21.9 Å². The van der Waals surface area contributed by atoms with E-state index in [-0.39, 0.29) is 23.0 Å². The maximum atomic E-state index is 15.5. The predicted octanol–water partition coefficient (Wildman–Crippen LogP) is 9.08. The van der Waals surface area contributed by atoms with Crippen molar-refractivity contribution in [3.8, 4) is 11.1 Å². The van der Waals surface area contributed by atoms with Crippen molar-refractivity contribution >= 4 is 10.8 Å². The number of hydrogen-bond donors (Lipinski definition) is 0. The minimum absolute atomic E-state index is 0.00168. The van der Waals surface area contributed by atoms with Crippen LogP contribution in [0.3, 0.4) is 0 Å². The number of aryl methyl sites for hydroxylation is 2. The minimum Gasteiger partial charge on any atom is -0.427 e. The van der Waals surface area contributed by atoms with Crippen LogP contribution in [0.2, 0.25) is 0 Å². The van der Waals surface area contributed by atoms with E-state index in [0.29, 0.717) is 16.7 Å². The molecule has 0 saturated heterocycles. The van der Waals surface area contributed by atoms with Crippen molar-refractivity contribution in [2.24, 2.45) is 0 Å². The summed E-state index contributed by atoms with van der Waals surface area (Å²) in [5, 5.41) is 0.566. The van der Waals surface area contributed by atoms with Crippen LogP contribution < -0.4 is 5.63 Å². The van der Waals surface area contributed by atoms with Gasteiger partial charge in [0.25, 0.3) is 0 Å². The zero-order valence-electron chi connectivity index (χ0n) is 21.7. The standard InChI is InChI=1S/C33H34F2O2/c1-3-5-21-7-10-24(11-8-21)28-18-16-26-20-30(37-33(36)31(26)32(28)35)25-14-12-23(13-15-25)27-17-9-22(6-4-2)19-29(27)34/h7-11,16-20,23,25H,3-6,12-15H2,1-2H3. The molecular formula is C33H34F2O2. The summed E-state index contributed by atoms with van der Waals surface area (Å²) in [5.74, 6) is 0.197. The smallest absolute Gasteiger partial charge is 0.346 e. The molecule has 3 aromatic carbocycles. The second-order valence-electron chi connectivity index (χ2n) is 10.4. The molecule has 0 bridgehead atoms. The minimum atomic E-state index is -0.630. The van der Waals surface area contributed by atoms with Gasteiger partial charge in [-0.05, 0) is 84.2 Å². The Hall–Kier alpha value is -3.27. The fourth-order valence-electron chi connectivity index (χ4n) is 5.86. The van der Waals surface area contributed by atoms with Gasteiger partial charge in [-0.1, -0.05) is 75.2 Å². The fraction of sp³-hybridized carbons (Fsp3) is 0.364. The molecule has 5 rings (SSSR count). The molecule has 1 saturated carbocycles. The first-order chi connectivity index (χ1) is 18.0. The highest BCUT2D eigenvalue weighted by atomic mass is 19.1. The van der Waals surface area contributed by atoms with Crippen molar-refractivity contribution in [2.45, 2.75) is 77.0 Å². The average molecular weight is 501 g/mol. The Kier molecular flexibility index (Phi) is 7.55. The fourth-order valence-corrected chi connectivity index (χ4v) is 5.86. The van der Waals surface area contributed by atoms with Crippen molar-refractivity contribution in [3.63, 3.8) is 0 Å². The summed E-state index contributed by atoms with van der Waals surface area (Å²) in [7, 11) is 0. The third kappa shape index (κ3) is 5.25. The molecule has 0 amide bonds. The first-order valence-corrected chi connectivity index (χ1v) is 13.6. The topological polar surface area (TPSA) is 30.2 Å². The third-order valence-electron chi connectivity index (χ3n) is 7.86. The number of hydrogen-bond acceptors (Lipinski definition) is 2. The molecule has 0 aliphatic heterocycles. The summed E-state index contributed by atoms with van der Waals surface area (Å²) in [6.07, 6.45) is 7.19. The van der Waals surface area contributed by atoms with E-state index in [1.165, 1.54) is 5.56 Å². The van der Waals surface area contributed by atoms with Gasteiger partial charge >= 0.3 is 5.63 Å². The molecule has 1 aromatic heterocycles. The van der Waals surface area contributed by atoms with E-state index in [1.807, 2.05) is 48.5 Å². The lowest BCUT2D eigenvalue weighted by Crippen LogP contribution is -2.15. The summed E-state index contributed by atoms with van der Waals surface area (Å²) in [6.45, 7) is 4.22. The number of rotatable bonds is 7. The van der Waals surface area contributed by atoms with Crippen LogP contribution in [0.1, 0.15) is 86.7 Å². The Bertz CT molecular complexity index is 1440. The van der Waals surface area contributed by atoms with E-state index >= 15 is 4.39 Å². The zero-order chi connectivity index (χ0) is 25.9. The molecule has 1 aliphatic rings. The van der Waals surface area contributed by atoms with Gasteiger partial charge in [0, 0.05) is 11.5 Å². The molecule has 0 N–H and O–H groups in total. The van der Waals surface area contributed by atoms with Crippen LogP contribution in [-0.2, 0) is 12.8 Å². The van der Waals surface area contributed by atoms with Crippen molar-refractivity contribution in [3.05, 3.63) is 105 Å². The van der Waals surface area contributed by atoms with Crippen LogP contribution in [-0.4, -0.2) is 0 Å². The van der Waals surface area contributed by atoms with E-state index in [0.717, 1.165) is 68.1 Å². The quantitative estimate of drug-likeness (QED) is 0.253. The van der Waals surface area contributed by atoms with Crippen LogP contribution in [0, 0.1) is 11.6 Å². The number of halogens is 2. The SMILES string of the molecule is CCCc1ccc(-c2ccc3cc(C4CCC(c5ccc(CCC)cc5F)CC4)oc(=O)c3c2F)cc1. The Balaban J connectivity index is 1.35. The highest BCUT2D eigenvalue weighted by molar-refractivity contribution is 5.87. The van der Waals surface area contributed by atoms with Crippen LogP contribution in [0.15, 0.2) is 69.9 Å². The van der Waals surface area contributed by atoms with Crippen LogP contribution >= 0.6 is 0 Å². The Morgan fingerprint density at radius 3 is 2.11 bits per heavy atom. The largest absolute Gasteiger partial charge is 0.427 e. The lowest BCUT2D eigenvalue weighted by atomic mass is 9.77. The lowest BCUT2D eigenvalue weighted by molar-refractivity contribution is 0.332. The molecule has 1 fully saturated rings. The van der Waals surface area contributed by atoms with Crippen molar-refractivity contribution in [1.82, 2.24) is 0 Å². The highest BCUT2D eigenvalue weighted by Crippen LogP contribution is 2.42. The van der Waals surface area contributed by atoms with Gasteiger partial charge in [0.2, 0.25) is 0 Å². The maximum absolute atomic E-state index is 15.5. The average Bonchev–Trinajstić information content (AvgIpc) is 2.90. The van der Waals surface area contributed by atoms with E-state index in [1.54, 1.807) is 12.1 Å². The van der Waals surface area contributed by atoms with E-state index < -0.39 is 11.4 Å². The lowest BCUT2D eigenvalue weighted by Gasteiger charge is -2.28. The second-order valence-corrected chi connectivity index (χ2v) is 10.4. The van der Waals surface area contributed by atoms with Gasteiger partial charge in [-0.3, -0.25) is 0 Å². The number of benzene rings is 3. The number of fused-ring (bicyclic) bond motifs is 1. The highest BCUT2D eigenvalue weighted by Gasteiger charge is 2.27. The second kappa shape index (κ2) is 11.0. The monoisotopic (exact) mass is 500 g/mol. The summed E-state index contributed by atoms with van der Waals surface area (Å²) >= 11 is 0. The maximum Gasteiger partial charge on any atom is 0.346 e. The molecule has 2 nitrogen and oxygen atoms in total. The first-order valence-electron chi connectivity index (χ1n) is 13.6. The molecule has 4 heteroatoms. The summed E-state index contributed by atoms with van der Waals surface area (Å²) in [5.41, 5.74) is 3.56. The van der Waals surface area contributed by atoms with E-state index in [2.05, 4.69) is 13.8 Å². The normalized spacial score (nSPS) is 17.8. The Morgan fingerprint density at radius 1 is 0.784 bits per heavy atom. The molecule has 0 spiro atoms.